The van der Waals surface area contributed by atoms with Crippen LogP contribution in [0.2, 0.25) is 0 Å². The van der Waals surface area contributed by atoms with Crippen molar-refractivity contribution in [3.63, 3.8) is 0 Å². The van der Waals surface area contributed by atoms with E-state index in [9.17, 15) is 9.59 Å². The van der Waals surface area contributed by atoms with Gasteiger partial charge in [-0.25, -0.2) is 4.79 Å². The van der Waals surface area contributed by atoms with E-state index in [-0.39, 0.29) is 19.1 Å². The first-order chi connectivity index (χ1) is 18.2. The van der Waals surface area contributed by atoms with Gasteiger partial charge in [0.1, 0.15) is 18.5 Å². The fourth-order valence-corrected chi connectivity index (χ4v) is 4.05. The second kappa shape index (κ2) is 13.6. The molecule has 0 bridgehead atoms. The first kappa shape index (κ1) is 28.6. The van der Waals surface area contributed by atoms with Gasteiger partial charge in [-0.2, -0.15) is 0 Å². The quantitative estimate of drug-likeness (QED) is 0.137. The van der Waals surface area contributed by atoms with Crippen LogP contribution in [-0.4, -0.2) is 36.6 Å². The molecule has 3 rings (SSSR count). The number of anilines is 3. The van der Waals surface area contributed by atoms with Crippen LogP contribution in [0.25, 0.3) is 0 Å². The highest BCUT2D eigenvalue weighted by Gasteiger charge is 2.32. The van der Waals surface area contributed by atoms with Crippen LogP contribution in [0.4, 0.5) is 21.9 Å². The minimum Gasteiger partial charge on any atom is -0.491 e. The molecule has 3 aromatic rings. The lowest BCUT2D eigenvalue weighted by atomic mass is 9.82. The largest absolute Gasteiger partial charge is 0.491 e. The average Bonchev–Trinajstić information content (AvgIpc) is 2.91. The van der Waals surface area contributed by atoms with Crippen molar-refractivity contribution in [2.24, 2.45) is 5.41 Å². The van der Waals surface area contributed by atoms with Crippen LogP contribution in [0.1, 0.15) is 25.5 Å². The number of benzene rings is 3. The molecule has 0 aliphatic heterocycles. The molecule has 0 saturated heterocycles. The van der Waals surface area contributed by atoms with Crippen molar-refractivity contribution in [1.29, 1.82) is 0 Å². The summed E-state index contributed by atoms with van der Waals surface area (Å²) in [5, 5.41) is 14.5. The van der Waals surface area contributed by atoms with Gasteiger partial charge in [-0.3, -0.25) is 10.1 Å². The number of carbonyl (C=O) groups excluding carboxylic acids is 2. The van der Waals surface area contributed by atoms with Crippen molar-refractivity contribution < 1.29 is 24.2 Å². The van der Waals surface area contributed by atoms with Crippen molar-refractivity contribution >= 4 is 40.8 Å². The van der Waals surface area contributed by atoms with Gasteiger partial charge in [0.2, 0.25) is 5.91 Å². The summed E-state index contributed by atoms with van der Waals surface area (Å²) in [5.74, 6) is 0.217. The fraction of sp³-hybridized carbons (Fsp3) is 0.241. The number of hydrogen-bond acceptors (Lipinski definition) is 7. The Hall–Kier alpha value is -3.95. The van der Waals surface area contributed by atoms with E-state index in [1.54, 1.807) is 78.5 Å². The number of rotatable bonds is 11. The third-order valence-corrected chi connectivity index (χ3v) is 6.41. The van der Waals surface area contributed by atoms with Crippen molar-refractivity contribution in [3.05, 3.63) is 90.5 Å². The van der Waals surface area contributed by atoms with Gasteiger partial charge in [0.15, 0.2) is 0 Å². The number of nitrogens with two attached hydrogens (primary N) is 1. The average molecular weight is 536 g/mol. The molecule has 0 aliphatic rings. The maximum atomic E-state index is 12.9. The number of nitrogen functional groups attached to an aromatic ring is 1. The zero-order valence-corrected chi connectivity index (χ0v) is 22.5. The van der Waals surface area contributed by atoms with E-state index in [4.69, 9.17) is 20.3 Å². The predicted octanol–water partition coefficient (Wildman–Crippen LogP) is 5.87. The number of thioether (sulfide) groups is 1. The van der Waals surface area contributed by atoms with E-state index in [1.165, 1.54) is 6.08 Å². The summed E-state index contributed by atoms with van der Waals surface area (Å²) in [4.78, 5) is 26.6. The molecule has 2 amide bonds. The van der Waals surface area contributed by atoms with E-state index in [1.807, 2.05) is 32.2 Å². The van der Waals surface area contributed by atoms with Gasteiger partial charge in [0, 0.05) is 16.0 Å². The Balaban J connectivity index is 1.80. The standard InChI is InChI=1S/C29H33N3O5S/c1-29(2,17-16-26(34)32-25-7-5-4-6-24(25)30)27(20-8-12-22(13-9-20)36-19-18-33)37-28(35)31-21-10-14-23(38-3)15-11-21/h4-17,27,33H,18-19,30H2,1-3H3,(H,31,35)(H,32,34)/b17-16+/t27-/m0/s1. The smallest absolute Gasteiger partial charge is 0.412 e. The van der Waals surface area contributed by atoms with E-state index < -0.39 is 17.6 Å². The highest BCUT2D eigenvalue weighted by molar-refractivity contribution is 7.98. The van der Waals surface area contributed by atoms with Crippen LogP contribution in [0.15, 0.2) is 89.8 Å². The van der Waals surface area contributed by atoms with E-state index in [0.717, 1.165) is 4.90 Å². The first-order valence-electron chi connectivity index (χ1n) is 12.0. The van der Waals surface area contributed by atoms with Gasteiger partial charge in [0.05, 0.1) is 18.0 Å². The Morgan fingerprint density at radius 2 is 1.71 bits per heavy atom. The second-order valence-electron chi connectivity index (χ2n) is 9.01. The number of aliphatic hydroxyl groups excluding tert-OH is 1. The van der Waals surface area contributed by atoms with Gasteiger partial charge >= 0.3 is 6.09 Å². The van der Waals surface area contributed by atoms with E-state index >= 15 is 0 Å². The van der Waals surface area contributed by atoms with Crippen molar-refractivity contribution in [2.75, 3.05) is 35.8 Å². The Morgan fingerprint density at radius 1 is 1.03 bits per heavy atom. The lowest BCUT2D eigenvalue weighted by molar-refractivity contribution is -0.112. The normalized spacial score (nSPS) is 12.1. The Morgan fingerprint density at radius 3 is 2.34 bits per heavy atom. The number of para-hydroxylation sites is 2. The topological polar surface area (TPSA) is 123 Å². The van der Waals surface area contributed by atoms with Crippen LogP contribution >= 0.6 is 11.8 Å². The Labute approximate surface area is 227 Å². The second-order valence-corrected chi connectivity index (χ2v) is 9.89. The number of nitrogens with one attached hydrogen (secondary N) is 2. The molecule has 0 radical (unpaired) electrons. The number of hydrogen-bond donors (Lipinski definition) is 4. The molecule has 0 aromatic heterocycles. The summed E-state index contributed by atoms with van der Waals surface area (Å²) in [6, 6.07) is 21.5. The summed E-state index contributed by atoms with van der Waals surface area (Å²) < 4.78 is 11.4. The summed E-state index contributed by atoms with van der Waals surface area (Å²) >= 11 is 1.61. The molecule has 0 aliphatic carbocycles. The molecule has 1 atom stereocenters. The molecular formula is C29H33N3O5S. The molecule has 0 saturated carbocycles. The molecule has 200 valence electrons. The summed E-state index contributed by atoms with van der Waals surface area (Å²) in [5.41, 5.74) is 7.42. The number of amides is 2. The minimum atomic E-state index is -0.785. The Kier molecular flexibility index (Phi) is 10.2. The minimum absolute atomic E-state index is 0.0971. The third kappa shape index (κ3) is 8.29. The highest BCUT2D eigenvalue weighted by atomic mass is 32.2. The molecule has 0 spiro atoms. The monoisotopic (exact) mass is 535 g/mol. The van der Waals surface area contributed by atoms with Gasteiger partial charge < -0.3 is 25.6 Å². The van der Waals surface area contributed by atoms with E-state index in [2.05, 4.69) is 10.6 Å². The van der Waals surface area contributed by atoms with Crippen LogP contribution < -0.4 is 21.1 Å². The van der Waals surface area contributed by atoms with Crippen LogP contribution in [0.3, 0.4) is 0 Å². The van der Waals surface area contributed by atoms with Gasteiger partial charge in [0.25, 0.3) is 0 Å². The Bertz CT molecular complexity index is 1240. The summed E-state index contributed by atoms with van der Waals surface area (Å²) in [6.45, 7) is 3.82. The SMILES string of the molecule is CSc1ccc(NC(=O)O[C@@H](c2ccc(OCCO)cc2)C(C)(C)/C=C/C(=O)Nc2ccccc2N)cc1. The summed E-state index contributed by atoms with van der Waals surface area (Å²) in [7, 11) is 0. The zero-order valence-electron chi connectivity index (χ0n) is 21.6. The van der Waals surface area contributed by atoms with Gasteiger partial charge in [-0.15, -0.1) is 11.8 Å². The molecule has 3 aromatic carbocycles. The maximum absolute atomic E-state index is 12.9. The molecule has 8 nitrogen and oxygen atoms in total. The molecule has 0 heterocycles. The highest BCUT2D eigenvalue weighted by Crippen LogP contribution is 2.39. The maximum Gasteiger partial charge on any atom is 0.412 e. The summed E-state index contributed by atoms with van der Waals surface area (Å²) in [6.07, 6.45) is 3.70. The van der Waals surface area contributed by atoms with E-state index in [0.29, 0.717) is 28.4 Å². The molecule has 0 unspecified atom stereocenters. The molecular weight excluding hydrogens is 502 g/mol. The van der Waals surface area contributed by atoms with Crippen molar-refractivity contribution in [2.45, 2.75) is 24.8 Å². The zero-order chi connectivity index (χ0) is 27.5. The molecule has 38 heavy (non-hydrogen) atoms. The molecule has 9 heteroatoms. The van der Waals surface area contributed by atoms with Gasteiger partial charge in [-0.1, -0.05) is 44.2 Å². The molecule has 0 fully saturated rings. The predicted molar refractivity (Wildman–Crippen MR) is 152 cm³/mol. The van der Waals surface area contributed by atoms with Gasteiger partial charge in [-0.05, 0) is 66.4 Å². The van der Waals surface area contributed by atoms with Crippen LogP contribution in [0, 0.1) is 5.41 Å². The third-order valence-electron chi connectivity index (χ3n) is 5.66. The number of ether oxygens (including phenoxy) is 2. The van der Waals surface area contributed by atoms with Crippen LogP contribution in [0.5, 0.6) is 5.75 Å². The lowest BCUT2D eigenvalue weighted by Crippen LogP contribution is -2.28. The number of carbonyl (C=O) groups is 2. The van der Waals surface area contributed by atoms with Crippen molar-refractivity contribution in [1.82, 2.24) is 0 Å². The number of aliphatic hydroxyl groups is 1. The van der Waals surface area contributed by atoms with Crippen molar-refractivity contribution in [3.8, 4) is 5.75 Å². The first-order valence-corrected chi connectivity index (χ1v) is 13.2. The fourth-order valence-electron chi connectivity index (χ4n) is 3.64. The molecule has 5 N–H and O–H groups in total. The van der Waals surface area contributed by atoms with Crippen LogP contribution in [-0.2, 0) is 9.53 Å². The lowest BCUT2D eigenvalue weighted by Gasteiger charge is -2.31.